The highest BCUT2D eigenvalue weighted by Crippen LogP contribution is 2.21. The summed E-state index contributed by atoms with van der Waals surface area (Å²) >= 11 is 1.58. The Bertz CT molecular complexity index is 799. The molecule has 1 aliphatic rings. The largest absolute Gasteiger partial charge is 0.353 e. The molecule has 0 atom stereocenters. The molecule has 1 aliphatic heterocycles. The lowest BCUT2D eigenvalue weighted by molar-refractivity contribution is -0.134. The fourth-order valence-corrected chi connectivity index (χ4v) is 3.82. The van der Waals surface area contributed by atoms with Gasteiger partial charge in [0.15, 0.2) is 0 Å². The third-order valence-electron chi connectivity index (χ3n) is 4.56. The van der Waals surface area contributed by atoms with Crippen molar-refractivity contribution in [3.8, 4) is 10.7 Å². The first kappa shape index (κ1) is 21.4. The maximum atomic E-state index is 12.5. The van der Waals surface area contributed by atoms with Crippen LogP contribution < -0.4 is 5.32 Å². The quantitative estimate of drug-likeness (QED) is 0.678. The fourth-order valence-electron chi connectivity index (χ4n) is 3.17. The van der Waals surface area contributed by atoms with Gasteiger partial charge in [-0.1, -0.05) is 11.2 Å². The summed E-state index contributed by atoms with van der Waals surface area (Å²) in [4.78, 5) is 35.6. The first-order chi connectivity index (χ1) is 13.9. The molecule has 9 nitrogen and oxygen atoms in total. The van der Waals surface area contributed by atoms with E-state index in [1.807, 2.05) is 36.3 Å². The molecule has 10 heteroatoms. The summed E-state index contributed by atoms with van der Waals surface area (Å²) in [6, 6.07) is 4.02. The molecule has 1 fully saturated rings. The first-order valence-electron chi connectivity index (χ1n) is 9.75. The number of thiophene rings is 1. The SMILES string of the molecule is CC(C)NC(=O)CN(C)CC(=O)N1CCN(Cc2nc(-c3cccs3)no2)CC1. The second-order valence-electron chi connectivity index (χ2n) is 7.54. The molecule has 3 heterocycles. The molecule has 1 saturated heterocycles. The van der Waals surface area contributed by atoms with Gasteiger partial charge in [0.25, 0.3) is 0 Å². The van der Waals surface area contributed by atoms with E-state index in [2.05, 4.69) is 20.4 Å². The van der Waals surface area contributed by atoms with Crippen LogP contribution in [0.2, 0.25) is 0 Å². The monoisotopic (exact) mass is 420 g/mol. The number of amides is 2. The normalized spacial score (nSPS) is 15.3. The number of likely N-dealkylation sites (N-methyl/N-ethyl adjacent to an activating group) is 1. The van der Waals surface area contributed by atoms with Gasteiger partial charge >= 0.3 is 0 Å². The highest BCUT2D eigenvalue weighted by Gasteiger charge is 2.24. The minimum atomic E-state index is -0.0680. The molecule has 0 saturated carbocycles. The predicted octanol–water partition coefficient (Wildman–Crippen LogP) is 0.899. The number of rotatable bonds is 8. The van der Waals surface area contributed by atoms with Crippen LogP contribution in [0.3, 0.4) is 0 Å². The summed E-state index contributed by atoms with van der Waals surface area (Å²) in [5.41, 5.74) is 0. The summed E-state index contributed by atoms with van der Waals surface area (Å²) in [5, 5.41) is 8.85. The summed E-state index contributed by atoms with van der Waals surface area (Å²) in [7, 11) is 1.79. The number of piperazine rings is 1. The zero-order valence-corrected chi connectivity index (χ0v) is 17.9. The van der Waals surface area contributed by atoms with Crippen LogP contribution in [0.1, 0.15) is 19.7 Å². The Hall–Kier alpha value is -2.30. The van der Waals surface area contributed by atoms with Crippen LogP contribution in [0, 0.1) is 0 Å². The van der Waals surface area contributed by atoms with Crippen molar-refractivity contribution in [1.82, 2.24) is 30.2 Å². The molecule has 2 amide bonds. The second kappa shape index (κ2) is 9.95. The summed E-state index contributed by atoms with van der Waals surface area (Å²) in [6.45, 7) is 7.66. The average molecular weight is 421 g/mol. The topological polar surface area (TPSA) is 94.8 Å². The Labute approximate surface area is 174 Å². The molecule has 0 aromatic carbocycles. The van der Waals surface area contributed by atoms with Crippen LogP contribution in [-0.4, -0.2) is 89.0 Å². The molecule has 2 aromatic rings. The first-order valence-corrected chi connectivity index (χ1v) is 10.6. The molecule has 0 radical (unpaired) electrons. The number of aromatic nitrogens is 2. The van der Waals surface area contributed by atoms with Crippen molar-refractivity contribution in [3.63, 3.8) is 0 Å². The van der Waals surface area contributed by atoms with Crippen molar-refractivity contribution >= 4 is 23.2 Å². The molecule has 0 bridgehead atoms. The van der Waals surface area contributed by atoms with Crippen molar-refractivity contribution in [1.29, 1.82) is 0 Å². The van der Waals surface area contributed by atoms with Crippen LogP contribution >= 0.6 is 11.3 Å². The number of nitrogens with one attached hydrogen (secondary N) is 1. The molecule has 158 valence electrons. The van der Waals surface area contributed by atoms with Gasteiger partial charge in [0, 0.05) is 32.2 Å². The Kier molecular flexibility index (Phi) is 7.34. The van der Waals surface area contributed by atoms with Gasteiger partial charge in [0.05, 0.1) is 24.5 Å². The van der Waals surface area contributed by atoms with E-state index in [9.17, 15) is 9.59 Å². The number of carbonyl (C=O) groups is 2. The molecular weight excluding hydrogens is 392 g/mol. The molecule has 2 aromatic heterocycles. The third kappa shape index (κ3) is 6.34. The maximum Gasteiger partial charge on any atom is 0.241 e. The van der Waals surface area contributed by atoms with Crippen molar-refractivity contribution in [3.05, 3.63) is 23.4 Å². The van der Waals surface area contributed by atoms with E-state index < -0.39 is 0 Å². The number of hydrogen-bond donors (Lipinski definition) is 1. The van der Waals surface area contributed by atoms with Gasteiger partial charge < -0.3 is 14.7 Å². The average Bonchev–Trinajstić information content (AvgIpc) is 3.32. The highest BCUT2D eigenvalue weighted by molar-refractivity contribution is 7.13. The van der Waals surface area contributed by atoms with E-state index in [4.69, 9.17) is 4.52 Å². The zero-order chi connectivity index (χ0) is 20.8. The Morgan fingerprint density at radius 1 is 1.28 bits per heavy atom. The van der Waals surface area contributed by atoms with Crippen molar-refractivity contribution in [2.45, 2.75) is 26.4 Å². The number of hydrogen-bond acceptors (Lipinski definition) is 8. The van der Waals surface area contributed by atoms with Gasteiger partial charge in [-0.25, -0.2) is 0 Å². The molecule has 0 unspecified atom stereocenters. The number of nitrogens with zero attached hydrogens (tertiary/aromatic N) is 5. The van der Waals surface area contributed by atoms with Crippen molar-refractivity contribution in [2.24, 2.45) is 0 Å². The van der Waals surface area contributed by atoms with Crippen molar-refractivity contribution < 1.29 is 14.1 Å². The van der Waals surface area contributed by atoms with Crippen LogP contribution in [0.25, 0.3) is 10.7 Å². The van der Waals surface area contributed by atoms with Gasteiger partial charge in [-0.15, -0.1) is 11.3 Å². The Morgan fingerprint density at radius 2 is 2.03 bits per heavy atom. The molecule has 1 N–H and O–H groups in total. The van der Waals surface area contributed by atoms with Crippen LogP contribution in [-0.2, 0) is 16.1 Å². The van der Waals surface area contributed by atoms with Crippen molar-refractivity contribution in [2.75, 3.05) is 46.3 Å². The Morgan fingerprint density at radius 3 is 2.69 bits per heavy atom. The Balaban J connectivity index is 1.40. The molecule has 3 rings (SSSR count). The lowest BCUT2D eigenvalue weighted by Crippen LogP contribution is -2.51. The molecule has 0 spiro atoms. The van der Waals surface area contributed by atoms with Gasteiger partial charge in [0.1, 0.15) is 0 Å². The van der Waals surface area contributed by atoms with Gasteiger partial charge in [0.2, 0.25) is 23.5 Å². The van der Waals surface area contributed by atoms with Gasteiger partial charge in [-0.2, -0.15) is 4.98 Å². The third-order valence-corrected chi connectivity index (χ3v) is 5.43. The summed E-state index contributed by atoms with van der Waals surface area (Å²) in [6.07, 6.45) is 0. The van der Waals surface area contributed by atoms with Crippen LogP contribution in [0.4, 0.5) is 0 Å². The predicted molar refractivity (Wildman–Crippen MR) is 110 cm³/mol. The zero-order valence-electron chi connectivity index (χ0n) is 17.1. The van der Waals surface area contributed by atoms with E-state index in [0.717, 1.165) is 18.0 Å². The van der Waals surface area contributed by atoms with Gasteiger partial charge in [-0.05, 0) is 32.3 Å². The second-order valence-corrected chi connectivity index (χ2v) is 8.49. The lowest BCUT2D eigenvalue weighted by atomic mass is 10.3. The summed E-state index contributed by atoms with van der Waals surface area (Å²) in [5.74, 6) is 1.18. The minimum absolute atomic E-state index is 0.0438. The summed E-state index contributed by atoms with van der Waals surface area (Å²) < 4.78 is 5.36. The highest BCUT2D eigenvalue weighted by atomic mass is 32.1. The van der Waals surface area contributed by atoms with Crippen LogP contribution in [0.5, 0.6) is 0 Å². The van der Waals surface area contributed by atoms with E-state index in [0.29, 0.717) is 31.3 Å². The van der Waals surface area contributed by atoms with Gasteiger partial charge in [-0.3, -0.25) is 19.4 Å². The molecular formula is C19H28N6O3S. The lowest BCUT2D eigenvalue weighted by Gasteiger charge is -2.34. The molecule has 0 aliphatic carbocycles. The standard InChI is InChI=1S/C19H28N6O3S/c1-14(2)20-16(26)11-23(3)13-18(27)25-8-6-24(7-9-25)12-17-21-19(22-28-17)15-5-4-10-29-15/h4-5,10,14H,6-9,11-13H2,1-3H3,(H,20,26). The van der Waals surface area contributed by atoms with Crippen LogP contribution in [0.15, 0.2) is 22.0 Å². The molecule has 29 heavy (non-hydrogen) atoms. The fraction of sp³-hybridized carbons (Fsp3) is 0.579. The van der Waals surface area contributed by atoms with E-state index in [1.165, 1.54) is 0 Å². The number of carbonyl (C=O) groups excluding carboxylic acids is 2. The van der Waals surface area contributed by atoms with E-state index >= 15 is 0 Å². The van der Waals surface area contributed by atoms with E-state index in [-0.39, 0.29) is 30.9 Å². The maximum absolute atomic E-state index is 12.5. The smallest absolute Gasteiger partial charge is 0.241 e. The minimum Gasteiger partial charge on any atom is -0.353 e. The van der Waals surface area contributed by atoms with E-state index in [1.54, 1.807) is 23.3 Å².